The topological polar surface area (TPSA) is 92.7 Å². The van der Waals surface area contributed by atoms with Gasteiger partial charge in [-0.25, -0.2) is 9.59 Å². The molecule has 0 aromatic heterocycles. The van der Waals surface area contributed by atoms with E-state index in [1.807, 2.05) is 0 Å². The van der Waals surface area contributed by atoms with Crippen LogP contribution in [0.1, 0.15) is 20.7 Å². The van der Waals surface area contributed by atoms with E-state index in [1.165, 1.54) is 30.3 Å². The molecule has 0 spiro atoms. The summed E-state index contributed by atoms with van der Waals surface area (Å²) in [7, 11) is 0. The average Bonchev–Trinajstić information content (AvgIpc) is 2.42. The molecule has 1 rings (SSSR count). The van der Waals surface area contributed by atoms with Gasteiger partial charge in [-0.05, 0) is 12.1 Å². The first-order valence-electron chi connectivity index (χ1n) is 5.42. The van der Waals surface area contributed by atoms with Crippen LogP contribution >= 0.6 is 0 Å². The number of hydrogen-bond acceptors (Lipinski definition) is 4. The minimum atomic E-state index is -1.06. The Balaban J connectivity index is 2.51. The highest BCUT2D eigenvalue weighted by Crippen LogP contribution is 2.05. The number of alkyl carbamates (subject to hydrolysis) is 1. The quantitative estimate of drug-likeness (QED) is 0.599. The maximum Gasteiger partial charge on any atom is 0.407 e. The minimum Gasteiger partial charge on any atom is -0.478 e. The highest BCUT2D eigenvalue weighted by molar-refractivity contribution is 5.99. The smallest absolute Gasteiger partial charge is 0.407 e. The van der Waals surface area contributed by atoms with E-state index in [-0.39, 0.29) is 24.5 Å². The Bertz CT molecular complexity index is 492. The Hall–Kier alpha value is -2.63. The van der Waals surface area contributed by atoms with Gasteiger partial charge in [0.05, 0.1) is 12.1 Å². The fraction of sp³-hybridized carbons (Fsp3) is 0.154. The number of benzene rings is 1. The van der Waals surface area contributed by atoms with E-state index in [0.717, 1.165) is 0 Å². The van der Waals surface area contributed by atoms with Crippen molar-refractivity contribution in [2.24, 2.45) is 0 Å². The number of carboxylic acid groups (broad SMARTS) is 1. The van der Waals surface area contributed by atoms with Crippen molar-refractivity contribution in [1.29, 1.82) is 0 Å². The molecular formula is C13H13NO5. The van der Waals surface area contributed by atoms with Gasteiger partial charge in [-0.15, -0.1) is 0 Å². The molecule has 0 aliphatic rings. The highest BCUT2D eigenvalue weighted by Gasteiger charge is 2.09. The normalized spacial score (nSPS) is 9.47. The van der Waals surface area contributed by atoms with E-state index >= 15 is 0 Å². The molecule has 1 aromatic carbocycles. The van der Waals surface area contributed by atoms with E-state index in [9.17, 15) is 14.4 Å². The van der Waals surface area contributed by atoms with Crippen molar-refractivity contribution >= 4 is 17.8 Å². The molecule has 0 unspecified atom stereocenters. The summed E-state index contributed by atoms with van der Waals surface area (Å²) in [5, 5.41) is 11.0. The molecule has 0 aliphatic carbocycles. The van der Waals surface area contributed by atoms with Crippen LogP contribution in [-0.4, -0.2) is 36.1 Å². The summed E-state index contributed by atoms with van der Waals surface area (Å²) in [4.78, 5) is 33.4. The molecule has 1 aromatic rings. The van der Waals surface area contributed by atoms with Crippen molar-refractivity contribution in [2.75, 3.05) is 13.2 Å². The number of carboxylic acids is 1. The zero-order valence-corrected chi connectivity index (χ0v) is 10.1. The second kappa shape index (κ2) is 6.95. The molecule has 0 atom stereocenters. The molecule has 6 heteroatoms. The largest absolute Gasteiger partial charge is 0.478 e. The lowest BCUT2D eigenvalue weighted by molar-refractivity contribution is 0.0696. The molecule has 0 fully saturated rings. The van der Waals surface area contributed by atoms with Crippen molar-refractivity contribution in [3.63, 3.8) is 0 Å². The van der Waals surface area contributed by atoms with Crippen molar-refractivity contribution in [2.45, 2.75) is 0 Å². The zero-order chi connectivity index (χ0) is 14.3. The molecule has 100 valence electrons. The summed E-state index contributed by atoms with van der Waals surface area (Å²) in [6.07, 6.45) is 0.696. The lowest BCUT2D eigenvalue weighted by Gasteiger charge is -2.05. The summed E-state index contributed by atoms with van der Waals surface area (Å²) in [5.41, 5.74) is 0.406. The maximum absolute atomic E-state index is 11.7. The van der Waals surface area contributed by atoms with Crippen LogP contribution in [0.25, 0.3) is 0 Å². The zero-order valence-electron chi connectivity index (χ0n) is 10.1. The molecular weight excluding hydrogens is 250 g/mol. The van der Waals surface area contributed by atoms with E-state index < -0.39 is 12.1 Å². The minimum absolute atomic E-state index is 0.0628. The molecule has 0 saturated carbocycles. The van der Waals surface area contributed by atoms with E-state index in [4.69, 9.17) is 5.11 Å². The number of amides is 1. The van der Waals surface area contributed by atoms with E-state index in [2.05, 4.69) is 16.6 Å². The van der Waals surface area contributed by atoms with Crippen LogP contribution in [-0.2, 0) is 4.74 Å². The van der Waals surface area contributed by atoms with Gasteiger partial charge in [0, 0.05) is 5.56 Å². The predicted molar refractivity (Wildman–Crippen MR) is 67.3 cm³/mol. The molecule has 0 bridgehead atoms. The molecule has 0 heterocycles. The Morgan fingerprint density at radius 1 is 1.21 bits per heavy atom. The van der Waals surface area contributed by atoms with E-state index in [1.54, 1.807) is 0 Å². The van der Waals surface area contributed by atoms with Gasteiger partial charge in [0.1, 0.15) is 6.61 Å². The van der Waals surface area contributed by atoms with Crippen LogP contribution in [0.2, 0.25) is 0 Å². The predicted octanol–water partition coefficient (Wildman–Crippen LogP) is 1.48. The third-order valence-corrected chi connectivity index (χ3v) is 2.18. The number of aromatic carboxylic acids is 1. The SMILES string of the molecule is C=CCOC(=O)NCC(=O)c1ccc(C(=O)O)cc1. The fourth-order valence-electron chi connectivity index (χ4n) is 1.24. The van der Waals surface area contributed by atoms with Crippen molar-refractivity contribution in [3.8, 4) is 0 Å². The van der Waals surface area contributed by atoms with Crippen LogP contribution in [0.3, 0.4) is 0 Å². The molecule has 1 amide bonds. The lowest BCUT2D eigenvalue weighted by atomic mass is 10.1. The van der Waals surface area contributed by atoms with E-state index in [0.29, 0.717) is 5.56 Å². The van der Waals surface area contributed by atoms with Gasteiger partial charge in [0.2, 0.25) is 0 Å². The summed E-state index contributed by atoms with van der Waals surface area (Å²) in [6.45, 7) is 3.22. The first kappa shape index (κ1) is 14.4. The van der Waals surface area contributed by atoms with Gasteiger partial charge in [-0.1, -0.05) is 24.8 Å². The van der Waals surface area contributed by atoms with Crippen molar-refractivity contribution in [3.05, 3.63) is 48.0 Å². The second-order valence-electron chi connectivity index (χ2n) is 3.55. The fourth-order valence-corrected chi connectivity index (χ4v) is 1.24. The van der Waals surface area contributed by atoms with Gasteiger partial charge in [-0.3, -0.25) is 4.79 Å². The maximum atomic E-state index is 11.7. The number of ketones is 1. The van der Waals surface area contributed by atoms with Crippen LogP contribution in [0.5, 0.6) is 0 Å². The van der Waals surface area contributed by atoms with Gasteiger partial charge >= 0.3 is 12.1 Å². The Morgan fingerprint density at radius 3 is 2.32 bits per heavy atom. The molecule has 2 N–H and O–H groups in total. The summed E-state index contributed by atoms with van der Waals surface area (Å²) in [5.74, 6) is -1.40. The monoisotopic (exact) mass is 263 g/mol. The van der Waals surface area contributed by atoms with Gasteiger partial charge in [-0.2, -0.15) is 0 Å². The second-order valence-corrected chi connectivity index (χ2v) is 3.55. The molecule has 6 nitrogen and oxygen atoms in total. The summed E-state index contributed by atoms with van der Waals surface area (Å²) in [6, 6.07) is 5.43. The van der Waals surface area contributed by atoms with Crippen LogP contribution in [0.4, 0.5) is 4.79 Å². The third kappa shape index (κ3) is 4.63. The summed E-state index contributed by atoms with van der Waals surface area (Å²) < 4.78 is 4.63. The lowest BCUT2D eigenvalue weighted by Crippen LogP contribution is -2.30. The molecule has 0 aliphatic heterocycles. The van der Waals surface area contributed by atoms with Crippen LogP contribution in [0, 0.1) is 0 Å². The number of ether oxygens (including phenoxy) is 1. The first-order valence-corrected chi connectivity index (χ1v) is 5.42. The van der Waals surface area contributed by atoms with Crippen LogP contribution in [0.15, 0.2) is 36.9 Å². The Morgan fingerprint density at radius 2 is 1.79 bits per heavy atom. The van der Waals surface area contributed by atoms with Crippen LogP contribution < -0.4 is 5.32 Å². The molecule has 0 saturated heterocycles. The number of carbonyl (C=O) groups excluding carboxylic acids is 2. The summed E-state index contributed by atoms with van der Waals surface area (Å²) >= 11 is 0. The number of hydrogen-bond donors (Lipinski definition) is 2. The van der Waals surface area contributed by atoms with Crippen molar-refractivity contribution < 1.29 is 24.2 Å². The number of Topliss-reactive ketones (excluding diaryl/α,β-unsaturated/α-hetero) is 1. The standard InChI is InChI=1S/C13H13NO5/c1-2-7-19-13(18)14-8-11(15)9-3-5-10(6-4-9)12(16)17/h2-6H,1,7-8H2,(H,14,18)(H,16,17). The highest BCUT2D eigenvalue weighted by atomic mass is 16.5. The third-order valence-electron chi connectivity index (χ3n) is 2.18. The van der Waals surface area contributed by atoms with Gasteiger partial charge in [0.25, 0.3) is 0 Å². The average molecular weight is 263 g/mol. The van der Waals surface area contributed by atoms with Gasteiger partial charge < -0.3 is 15.2 Å². The van der Waals surface area contributed by atoms with Crippen molar-refractivity contribution in [1.82, 2.24) is 5.32 Å². The van der Waals surface area contributed by atoms with Gasteiger partial charge in [0.15, 0.2) is 5.78 Å². The Kier molecular flexibility index (Phi) is 5.28. The number of nitrogens with one attached hydrogen (secondary N) is 1. The number of carbonyl (C=O) groups is 3. The Labute approximate surface area is 109 Å². The molecule has 19 heavy (non-hydrogen) atoms. The first-order chi connectivity index (χ1) is 9.04. The molecule has 0 radical (unpaired) electrons. The number of rotatable bonds is 6.